The SMILES string of the molecule is C[C@@H]1CN(C(=O)c2cc(F)cc(C#N)c2)C[C@]1(C)O. The van der Waals surface area contributed by atoms with Gasteiger partial charge in [-0.25, -0.2) is 4.39 Å². The van der Waals surface area contributed by atoms with E-state index in [2.05, 4.69) is 0 Å². The smallest absolute Gasteiger partial charge is 0.254 e. The molecule has 1 aliphatic rings. The van der Waals surface area contributed by atoms with E-state index < -0.39 is 11.4 Å². The first kappa shape index (κ1) is 13.5. The number of amides is 1. The van der Waals surface area contributed by atoms with Crippen molar-refractivity contribution in [2.24, 2.45) is 5.92 Å². The Hall–Kier alpha value is -1.93. The van der Waals surface area contributed by atoms with Crippen LogP contribution in [0, 0.1) is 23.1 Å². The van der Waals surface area contributed by atoms with Gasteiger partial charge in [0, 0.05) is 24.6 Å². The third kappa shape index (κ3) is 2.59. The Labute approximate surface area is 111 Å². The molecule has 0 bridgehead atoms. The maximum Gasteiger partial charge on any atom is 0.254 e. The molecular formula is C14H15FN2O2. The molecule has 19 heavy (non-hydrogen) atoms. The molecule has 0 aromatic heterocycles. The molecule has 0 radical (unpaired) electrons. The second-order valence-corrected chi connectivity index (χ2v) is 5.28. The standard InChI is InChI=1S/C14H15FN2O2/c1-9-7-17(8-14(9,2)19)13(18)11-3-10(6-16)4-12(15)5-11/h3-5,9,19H,7-8H2,1-2H3/t9-,14+/m1/s1. The number of carbonyl (C=O) groups is 1. The Bertz CT molecular complexity index is 563. The Morgan fingerprint density at radius 1 is 1.58 bits per heavy atom. The monoisotopic (exact) mass is 262 g/mol. The molecule has 1 aromatic carbocycles. The van der Waals surface area contributed by atoms with Gasteiger partial charge < -0.3 is 10.0 Å². The number of benzene rings is 1. The maximum atomic E-state index is 13.3. The molecule has 100 valence electrons. The van der Waals surface area contributed by atoms with E-state index in [0.29, 0.717) is 6.54 Å². The van der Waals surface area contributed by atoms with E-state index in [1.54, 1.807) is 6.92 Å². The lowest BCUT2D eigenvalue weighted by Crippen LogP contribution is -2.35. The third-order valence-electron chi connectivity index (χ3n) is 3.63. The van der Waals surface area contributed by atoms with Crippen LogP contribution in [0.3, 0.4) is 0 Å². The molecule has 2 atom stereocenters. The topological polar surface area (TPSA) is 64.3 Å². The maximum absolute atomic E-state index is 13.3. The van der Waals surface area contributed by atoms with Crippen molar-refractivity contribution in [1.29, 1.82) is 5.26 Å². The van der Waals surface area contributed by atoms with E-state index in [-0.39, 0.29) is 29.5 Å². The van der Waals surface area contributed by atoms with Crippen molar-refractivity contribution < 1.29 is 14.3 Å². The molecule has 0 spiro atoms. The van der Waals surface area contributed by atoms with Crippen molar-refractivity contribution in [2.75, 3.05) is 13.1 Å². The highest BCUT2D eigenvalue weighted by Crippen LogP contribution is 2.28. The van der Waals surface area contributed by atoms with Gasteiger partial charge in [-0.3, -0.25) is 4.79 Å². The Morgan fingerprint density at radius 3 is 2.79 bits per heavy atom. The lowest BCUT2D eigenvalue weighted by molar-refractivity contribution is 0.0351. The Morgan fingerprint density at radius 2 is 2.26 bits per heavy atom. The Kier molecular flexibility index (Phi) is 3.29. The van der Waals surface area contributed by atoms with Gasteiger partial charge in [-0.1, -0.05) is 6.92 Å². The van der Waals surface area contributed by atoms with Gasteiger partial charge in [0.1, 0.15) is 5.82 Å². The van der Waals surface area contributed by atoms with Crippen molar-refractivity contribution in [1.82, 2.24) is 4.90 Å². The molecular weight excluding hydrogens is 247 g/mol. The van der Waals surface area contributed by atoms with Gasteiger partial charge in [-0.05, 0) is 25.1 Å². The second kappa shape index (κ2) is 4.63. The van der Waals surface area contributed by atoms with Crippen LogP contribution in [0.25, 0.3) is 0 Å². The van der Waals surface area contributed by atoms with Crippen LogP contribution in [-0.4, -0.2) is 34.6 Å². The number of β-amino-alcohol motifs (C(OH)–C–C–N with tert-alkyl or cyclic N) is 1. The molecule has 5 heteroatoms. The van der Waals surface area contributed by atoms with Crippen LogP contribution in [0.2, 0.25) is 0 Å². The van der Waals surface area contributed by atoms with Gasteiger partial charge in [-0.15, -0.1) is 0 Å². The Balaban J connectivity index is 2.27. The number of hydrogen-bond donors (Lipinski definition) is 1. The van der Waals surface area contributed by atoms with E-state index in [1.807, 2.05) is 13.0 Å². The highest BCUT2D eigenvalue weighted by Gasteiger charge is 2.40. The lowest BCUT2D eigenvalue weighted by atomic mass is 9.95. The quantitative estimate of drug-likeness (QED) is 0.835. The zero-order valence-corrected chi connectivity index (χ0v) is 10.9. The first-order valence-corrected chi connectivity index (χ1v) is 6.06. The summed E-state index contributed by atoms with van der Waals surface area (Å²) in [6.45, 7) is 4.17. The average Bonchev–Trinajstić information content (AvgIpc) is 2.62. The predicted molar refractivity (Wildman–Crippen MR) is 66.8 cm³/mol. The summed E-state index contributed by atoms with van der Waals surface area (Å²) < 4.78 is 13.3. The summed E-state index contributed by atoms with van der Waals surface area (Å²) in [4.78, 5) is 13.7. The van der Waals surface area contributed by atoms with Crippen molar-refractivity contribution in [2.45, 2.75) is 19.4 Å². The van der Waals surface area contributed by atoms with E-state index in [4.69, 9.17) is 5.26 Å². The van der Waals surface area contributed by atoms with Gasteiger partial charge in [0.05, 0.1) is 17.2 Å². The van der Waals surface area contributed by atoms with Crippen LogP contribution in [0.4, 0.5) is 4.39 Å². The van der Waals surface area contributed by atoms with Gasteiger partial charge in [0.25, 0.3) is 5.91 Å². The fourth-order valence-electron chi connectivity index (χ4n) is 2.25. The zero-order chi connectivity index (χ0) is 14.2. The van der Waals surface area contributed by atoms with Crippen LogP contribution in [0.5, 0.6) is 0 Å². The summed E-state index contributed by atoms with van der Waals surface area (Å²) in [5.41, 5.74) is -0.676. The highest BCUT2D eigenvalue weighted by atomic mass is 19.1. The molecule has 1 amide bonds. The minimum atomic E-state index is -0.930. The second-order valence-electron chi connectivity index (χ2n) is 5.28. The molecule has 0 aliphatic carbocycles. The number of nitrogens with zero attached hydrogens (tertiary/aromatic N) is 2. The summed E-state index contributed by atoms with van der Waals surface area (Å²) in [6.07, 6.45) is 0. The lowest BCUT2D eigenvalue weighted by Gasteiger charge is -2.20. The van der Waals surface area contributed by atoms with Crippen molar-refractivity contribution in [3.63, 3.8) is 0 Å². The number of hydrogen-bond acceptors (Lipinski definition) is 3. The highest BCUT2D eigenvalue weighted by molar-refractivity contribution is 5.94. The fraction of sp³-hybridized carbons (Fsp3) is 0.429. The fourth-order valence-corrected chi connectivity index (χ4v) is 2.25. The van der Waals surface area contributed by atoms with Crippen LogP contribution in [-0.2, 0) is 0 Å². The van der Waals surface area contributed by atoms with Gasteiger partial charge in [0.15, 0.2) is 0 Å². The largest absolute Gasteiger partial charge is 0.388 e. The number of aliphatic hydroxyl groups is 1. The number of carbonyl (C=O) groups excluding carboxylic acids is 1. The van der Waals surface area contributed by atoms with Crippen molar-refractivity contribution in [3.05, 3.63) is 35.1 Å². The van der Waals surface area contributed by atoms with Gasteiger partial charge >= 0.3 is 0 Å². The first-order valence-electron chi connectivity index (χ1n) is 6.06. The average molecular weight is 262 g/mol. The molecule has 1 fully saturated rings. The molecule has 0 unspecified atom stereocenters. The molecule has 1 saturated heterocycles. The number of halogens is 1. The van der Waals surface area contributed by atoms with Crippen LogP contribution < -0.4 is 0 Å². The molecule has 2 rings (SSSR count). The molecule has 1 N–H and O–H groups in total. The van der Waals surface area contributed by atoms with Gasteiger partial charge in [0.2, 0.25) is 0 Å². The third-order valence-corrected chi connectivity index (χ3v) is 3.63. The van der Waals surface area contributed by atoms with Gasteiger partial charge in [-0.2, -0.15) is 5.26 Å². The molecule has 1 aliphatic heterocycles. The van der Waals surface area contributed by atoms with E-state index in [9.17, 15) is 14.3 Å². The van der Waals surface area contributed by atoms with Crippen LogP contribution >= 0.6 is 0 Å². The van der Waals surface area contributed by atoms with Crippen LogP contribution in [0.15, 0.2) is 18.2 Å². The minimum absolute atomic E-state index is 0.0413. The summed E-state index contributed by atoms with van der Waals surface area (Å²) in [5, 5.41) is 18.8. The number of likely N-dealkylation sites (tertiary alicyclic amines) is 1. The van der Waals surface area contributed by atoms with Crippen LogP contribution in [0.1, 0.15) is 29.8 Å². The molecule has 4 nitrogen and oxygen atoms in total. The molecule has 1 aromatic rings. The predicted octanol–water partition coefficient (Wildman–Crippen LogP) is 1.54. The van der Waals surface area contributed by atoms with Crippen molar-refractivity contribution in [3.8, 4) is 6.07 Å². The summed E-state index contributed by atoms with van der Waals surface area (Å²) in [6, 6.07) is 5.38. The van der Waals surface area contributed by atoms with E-state index >= 15 is 0 Å². The molecule has 0 saturated carbocycles. The van der Waals surface area contributed by atoms with Crippen molar-refractivity contribution >= 4 is 5.91 Å². The first-order chi connectivity index (χ1) is 8.83. The minimum Gasteiger partial charge on any atom is -0.388 e. The number of nitriles is 1. The molecule has 1 heterocycles. The van der Waals surface area contributed by atoms with E-state index in [0.717, 1.165) is 12.1 Å². The summed E-state index contributed by atoms with van der Waals surface area (Å²) in [7, 11) is 0. The van der Waals surface area contributed by atoms with E-state index in [1.165, 1.54) is 11.0 Å². The summed E-state index contributed by atoms with van der Waals surface area (Å²) >= 11 is 0. The zero-order valence-electron chi connectivity index (χ0n) is 10.9. The number of rotatable bonds is 1. The summed E-state index contributed by atoms with van der Waals surface area (Å²) in [5.74, 6) is -1.01. The normalized spacial score (nSPS) is 26.3.